The highest BCUT2D eigenvalue weighted by Crippen LogP contribution is 2.32. The molecule has 10 heteroatoms. The van der Waals surface area contributed by atoms with Gasteiger partial charge in [-0.3, -0.25) is 13.9 Å². The van der Waals surface area contributed by atoms with Gasteiger partial charge < -0.3 is 10.4 Å². The number of amides is 1. The summed E-state index contributed by atoms with van der Waals surface area (Å²) < 4.78 is 25.8. The molecule has 2 aromatic rings. The summed E-state index contributed by atoms with van der Waals surface area (Å²) in [5, 5.41) is 12.5. The van der Waals surface area contributed by atoms with Crippen LogP contribution >= 0.6 is 22.9 Å². The number of anilines is 2. The van der Waals surface area contributed by atoms with E-state index in [1.165, 1.54) is 22.5 Å². The van der Waals surface area contributed by atoms with Gasteiger partial charge in [-0.25, -0.2) is 8.42 Å². The molecule has 7 nitrogen and oxygen atoms in total. The van der Waals surface area contributed by atoms with E-state index in [0.29, 0.717) is 27.9 Å². The largest absolute Gasteiger partial charge is 0.506 e. The molecule has 0 radical (unpaired) electrons. The first-order valence-corrected chi connectivity index (χ1v) is 11.0. The quantitative estimate of drug-likeness (QED) is 0.543. The van der Waals surface area contributed by atoms with Crippen LogP contribution in [0.4, 0.5) is 11.4 Å². The average Bonchev–Trinajstić information content (AvgIpc) is 3.20. The van der Waals surface area contributed by atoms with Crippen LogP contribution in [-0.2, 0) is 14.8 Å². The highest BCUT2D eigenvalue weighted by atomic mass is 35.5. The number of nitrogens with zero attached hydrogens (tertiary/aromatic N) is 1. The van der Waals surface area contributed by atoms with E-state index in [2.05, 4.69) is 5.32 Å². The van der Waals surface area contributed by atoms with Crippen LogP contribution in [0.25, 0.3) is 0 Å². The number of carbonyl (C=O) groups is 2. The molecule has 3 rings (SSSR count). The minimum Gasteiger partial charge on any atom is -0.506 e. The van der Waals surface area contributed by atoms with Crippen molar-refractivity contribution in [2.45, 2.75) is 19.3 Å². The number of phenolic OH excluding ortho intramolecular Hbond substituents is 1. The number of thiophene rings is 1. The number of hydrogen-bond donors (Lipinski definition) is 2. The summed E-state index contributed by atoms with van der Waals surface area (Å²) in [5.74, 6) is -0.754. The molecule has 1 aliphatic rings. The van der Waals surface area contributed by atoms with E-state index in [4.69, 9.17) is 11.6 Å². The molecule has 2 heterocycles. The van der Waals surface area contributed by atoms with Crippen molar-refractivity contribution in [1.29, 1.82) is 0 Å². The van der Waals surface area contributed by atoms with E-state index in [9.17, 15) is 23.1 Å². The lowest BCUT2D eigenvalue weighted by molar-refractivity contribution is -0.116. The third-order valence-electron chi connectivity index (χ3n) is 4.07. The Morgan fingerprint density at radius 1 is 1.22 bits per heavy atom. The summed E-state index contributed by atoms with van der Waals surface area (Å²) in [6.07, 6.45) is 0.462. The van der Waals surface area contributed by atoms with Crippen molar-refractivity contribution in [3.05, 3.63) is 39.5 Å². The zero-order valence-corrected chi connectivity index (χ0v) is 16.5. The van der Waals surface area contributed by atoms with Gasteiger partial charge in [-0.1, -0.05) is 11.6 Å². The van der Waals surface area contributed by atoms with Crippen LogP contribution in [0, 0.1) is 0 Å². The van der Waals surface area contributed by atoms with Gasteiger partial charge in [0.1, 0.15) is 5.75 Å². The van der Waals surface area contributed by atoms with Crippen LogP contribution in [0.5, 0.6) is 5.75 Å². The zero-order valence-electron chi connectivity index (χ0n) is 14.1. The van der Waals surface area contributed by atoms with Crippen LogP contribution in [0.2, 0.25) is 4.34 Å². The Morgan fingerprint density at radius 3 is 2.63 bits per heavy atom. The number of phenols is 1. The topological polar surface area (TPSA) is 104 Å². The van der Waals surface area contributed by atoms with Crippen molar-refractivity contribution in [2.75, 3.05) is 21.9 Å². The molecule has 27 heavy (non-hydrogen) atoms. The van der Waals surface area contributed by atoms with E-state index >= 15 is 0 Å². The fourth-order valence-electron chi connectivity index (χ4n) is 2.74. The molecule has 0 unspecified atom stereocenters. The van der Waals surface area contributed by atoms with E-state index in [1.807, 2.05) is 0 Å². The number of rotatable bonds is 6. The number of nitrogens with one attached hydrogen (secondary N) is 1. The zero-order chi connectivity index (χ0) is 19.6. The molecule has 144 valence electrons. The summed E-state index contributed by atoms with van der Waals surface area (Å²) in [4.78, 5) is 24.7. The van der Waals surface area contributed by atoms with Crippen LogP contribution in [0.3, 0.4) is 0 Å². The Morgan fingerprint density at radius 2 is 2.00 bits per heavy atom. The van der Waals surface area contributed by atoms with E-state index in [0.717, 1.165) is 11.3 Å². The Hall–Kier alpha value is -2.10. The third-order valence-corrected chi connectivity index (χ3v) is 7.21. The van der Waals surface area contributed by atoms with E-state index in [1.54, 1.807) is 12.1 Å². The van der Waals surface area contributed by atoms with Crippen LogP contribution in [0.1, 0.15) is 28.9 Å². The summed E-state index contributed by atoms with van der Waals surface area (Å²) >= 11 is 6.94. The van der Waals surface area contributed by atoms with Gasteiger partial charge in [0, 0.05) is 19.4 Å². The molecule has 1 amide bonds. The SMILES string of the molecule is O=C(CCC(=O)c1ccc(Cl)s1)Nc1cc(N2CCCS2(=O)=O)ccc1O. The summed E-state index contributed by atoms with van der Waals surface area (Å²) in [7, 11) is -3.36. The maximum Gasteiger partial charge on any atom is 0.235 e. The molecule has 1 saturated heterocycles. The van der Waals surface area contributed by atoms with Crippen molar-refractivity contribution >= 4 is 56.0 Å². The first-order chi connectivity index (χ1) is 12.8. The lowest BCUT2D eigenvalue weighted by Gasteiger charge is -2.18. The second-order valence-electron chi connectivity index (χ2n) is 6.02. The second-order valence-corrected chi connectivity index (χ2v) is 9.75. The number of aromatic hydroxyl groups is 1. The molecule has 1 fully saturated rings. The maximum absolute atomic E-state index is 12.1. The fraction of sp³-hybridized carbons (Fsp3) is 0.294. The Kier molecular flexibility index (Phi) is 5.73. The maximum atomic E-state index is 12.1. The summed E-state index contributed by atoms with van der Waals surface area (Å²) in [6.45, 7) is 0.359. The minimum atomic E-state index is -3.36. The first kappa shape index (κ1) is 19.7. The number of hydrogen-bond acceptors (Lipinski definition) is 6. The molecule has 0 atom stereocenters. The monoisotopic (exact) mass is 428 g/mol. The van der Waals surface area contributed by atoms with Gasteiger partial charge in [0.05, 0.1) is 26.3 Å². The standard InChI is InChI=1S/C17H17ClN2O5S2/c18-16-6-5-15(26-16)14(22)4-7-17(23)19-12-10-11(2-3-13(12)21)20-8-1-9-27(20,24)25/h2-3,5-6,10,21H,1,4,7-9H2,(H,19,23). The Balaban J connectivity index is 1.65. The van der Waals surface area contributed by atoms with E-state index < -0.39 is 15.9 Å². The Bertz CT molecular complexity index is 987. The molecule has 1 aliphatic heterocycles. The van der Waals surface area contributed by atoms with Gasteiger partial charge in [-0.2, -0.15) is 0 Å². The van der Waals surface area contributed by atoms with Gasteiger partial charge in [0.2, 0.25) is 15.9 Å². The van der Waals surface area contributed by atoms with Gasteiger partial charge >= 0.3 is 0 Å². The predicted molar refractivity (Wildman–Crippen MR) is 105 cm³/mol. The fourth-order valence-corrected chi connectivity index (χ4v) is 5.30. The van der Waals surface area contributed by atoms with Crippen molar-refractivity contribution in [3.63, 3.8) is 0 Å². The Labute approximate surface area is 165 Å². The first-order valence-electron chi connectivity index (χ1n) is 8.18. The molecule has 0 saturated carbocycles. The van der Waals surface area contributed by atoms with Gasteiger partial charge in [0.25, 0.3) is 0 Å². The van der Waals surface area contributed by atoms with Crippen LogP contribution in [0.15, 0.2) is 30.3 Å². The average molecular weight is 429 g/mol. The van der Waals surface area contributed by atoms with Gasteiger partial charge in [0.15, 0.2) is 5.78 Å². The summed E-state index contributed by atoms with van der Waals surface area (Å²) in [5.41, 5.74) is 0.483. The molecule has 1 aromatic carbocycles. The van der Waals surface area contributed by atoms with Crippen molar-refractivity contribution in [1.82, 2.24) is 0 Å². The number of Topliss-reactive ketones (excluding diaryl/α,β-unsaturated/α-hetero) is 1. The highest BCUT2D eigenvalue weighted by molar-refractivity contribution is 7.93. The van der Waals surface area contributed by atoms with Crippen molar-refractivity contribution < 1.29 is 23.1 Å². The number of halogens is 1. The normalized spacial score (nSPS) is 15.7. The van der Waals surface area contributed by atoms with Gasteiger partial charge in [-0.05, 0) is 36.8 Å². The van der Waals surface area contributed by atoms with Crippen LogP contribution < -0.4 is 9.62 Å². The molecule has 0 spiro atoms. The number of sulfonamides is 1. The van der Waals surface area contributed by atoms with Gasteiger partial charge in [-0.15, -0.1) is 11.3 Å². The van der Waals surface area contributed by atoms with Crippen LogP contribution in [-0.4, -0.2) is 37.5 Å². The molecular weight excluding hydrogens is 412 g/mol. The smallest absolute Gasteiger partial charge is 0.235 e. The highest BCUT2D eigenvalue weighted by Gasteiger charge is 2.29. The molecule has 2 N–H and O–H groups in total. The lowest BCUT2D eigenvalue weighted by Crippen LogP contribution is -2.25. The minimum absolute atomic E-state index is 0.00360. The number of ketones is 1. The third kappa shape index (κ3) is 4.60. The van der Waals surface area contributed by atoms with E-state index in [-0.39, 0.29) is 35.8 Å². The molecule has 0 aliphatic carbocycles. The second kappa shape index (κ2) is 7.87. The molecule has 1 aromatic heterocycles. The summed E-state index contributed by atoms with van der Waals surface area (Å²) in [6, 6.07) is 7.46. The molecular formula is C17H17ClN2O5S2. The van der Waals surface area contributed by atoms with Crippen molar-refractivity contribution in [2.24, 2.45) is 0 Å². The lowest BCUT2D eigenvalue weighted by atomic mass is 10.2. The molecule has 0 bridgehead atoms. The predicted octanol–water partition coefficient (Wildman–Crippen LogP) is 3.25. The van der Waals surface area contributed by atoms with Crippen molar-refractivity contribution in [3.8, 4) is 5.75 Å². The number of benzene rings is 1. The number of carbonyl (C=O) groups excluding carboxylic acids is 2.